The normalized spacial score (nSPS) is 18.5. The molecule has 5 rings (SSSR count). The fourth-order valence-electron chi connectivity index (χ4n) is 4.73. The molecule has 1 aliphatic carbocycles. The molecule has 0 spiro atoms. The van der Waals surface area contributed by atoms with Crippen molar-refractivity contribution in [1.29, 1.82) is 5.26 Å². The second-order valence-electron chi connectivity index (χ2n) is 8.98. The van der Waals surface area contributed by atoms with Gasteiger partial charge in [0.1, 0.15) is 11.1 Å². The summed E-state index contributed by atoms with van der Waals surface area (Å²) in [6.07, 6.45) is 11.7. The Bertz CT molecular complexity index is 1380. The number of nitrogens with zero attached hydrogens (tertiary/aromatic N) is 7. The Morgan fingerprint density at radius 1 is 1.21 bits per heavy atom. The van der Waals surface area contributed by atoms with Gasteiger partial charge in [0.05, 0.1) is 29.0 Å². The summed E-state index contributed by atoms with van der Waals surface area (Å²) in [6.45, 7) is 2.01. The van der Waals surface area contributed by atoms with Crippen LogP contribution in [0.3, 0.4) is 0 Å². The van der Waals surface area contributed by atoms with E-state index in [2.05, 4.69) is 46.0 Å². The second-order valence-corrected chi connectivity index (χ2v) is 10.0. The second kappa shape index (κ2) is 9.20. The average molecular weight is 476 g/mol. The average Bonchev–Trinajstić information content (AvgIpc) is 3.44. The van der Waals surface area contributed by atoms with E-state index in [0.717, 1.165) is 34.6 Å². The lowest BCUT2D eigenvalue weighted by Crippen LogP contribution is -2.32. The predicted molar refractivity (Wildman–Crippen MR) is 129 cm³/mol. The minimum atomic E-state index is -0.397. The highest BCUT2D eigenvalue weighted by Gasteiger charge is 2.25. The Hall–Kier alpha value is -3.22. The van der Waals surface area contributed by atoms with Crippen molar-refractivity contribution in [3.8, 4) is 17.2 Å². The van der Waals surface area contributed by atoms with Gasteiger partial charge in [-0.2, -0.15) is 15.5 Å². The third-order valence-corrected chi connectivity index (χ3v) is 7.65. The third-order valence-electron chi connectivity index (χ3n) is 6.63. The lowest BCUT2D eigenvalue weighted by Gasteiger charge is -2.32. The van der Waals surface area contributed by atoms with Gasteiger partial charge in [-0.1, -0.05) is 11.8 Å². The topological polar surface area (TPSA) is 75.0 Å². The van der Waals surface area contributed by atoms with Crippen molar-refractivity contribution in [2.45, 2.75) is 54.6 Å². The Morgan fingerprint density at radius 3 is 2.71 bits per heavy atom. The molecule has 7 nitrogen and oxygen atoms in total. The van der Waals surface area contributed by atoms with Crippen molar-refractivity contribution in [1.82, 2.24) is 29.3 Å². The molecule has 0 aliphatic heterocycles. The summed E-state index contributed by atoms with van der Waals surface area (Å²) in [6, 6.07) is 8.14. The fraction of sp³-hybridized carbons (Fsp3) is 0.360. The number of halogens is 1. The first-order valence-corrected chi connectivity index (χ1v) is 12.2. The Morgan fingerprint density at radius 2 is 2.00 bits per heavy atom. The maximum atomic E-state index is 14.4. The first kappa shape index (κ1) is 22.6. The van der Waals surface area contributed by atoms with E-state index in [1.807, 2.05) is 19.2 Å². The smallest absolute Gasteiger partial charge is 0.155 e. The van der Waals surface area contributed by atoms with Crippen LogP contribution in [0.1, 0.15) is 43.0 Å². The molecule has 34 heavy (non-hydrogen) atoms. The molecule has 4 heterocycles. The number of hydrogen-bond donors (Lipinski definition) is 0. The van der Waals surface area contributed by atoms with E-state index in [0.29, 0.717) is 23.2 Å². The molecular weight excluding hydrogens is 449 g/mol. The summed E-state index contributed by atoms with van der Waals surface area (Å²) in [5, 5.41) is 19.1. The van der Waals surface area contributed by atoms with Crippen LogP contribution in [0.2, 0.25) is 0 Å². The van der Waals surface area contributed by atoms with Crippen LogP contribution in [0.5, 0.6) is 0 Å². The summed E-state index contributed by atoms with van der Waals surface area (Å²) in [5.74, 6) is -0.397. The van der Waals surface area contributed by atoms with Gasteiger partial charge >= 0.3 is 0 Å². The minimum Gasteiger partial charge on any atom is -0.306 e. The van der Waals surface area contributed by atoms with Crippen LogP contribution < -0.4 is 0 Å². The summed E-state index contributed by atoms with van der Waals surface area (Å²) in [5.41, 5.74) is 3.95. The molecule has 0 radical (unpaired) electrons. The Balaban J connectivity index is 1.52. The van der Waals surface area contributed by atoms with Gasteiger partial charge in [-0.05, 0) is 64.9 Å². The first-order chi connectivity index (χ1) is 16.4. The number of aryl methyl sites for hydroxylation is 1. The zero-order chi connectivity index (χ0) is 23.8. The van der Waals surface area contributed by atoms with E-state index in [4.69, 9.17) is 5.10 Å². The van der Waals surface area contributed by atoms with Gasteiger partial charge in [0.2, 0.25) is 0 Å². The molecule has 9 heteroatoms. The summed E-state index contributed by atoms with van der Waals surface area (Å²) < 4.78 is 18.2. The van der Waals surface area contributed by atoms with Gasteiger partial charge in [0.15, 0.2) is 5.82 Å². The Kier molecular flexibility index (Phi) is 6.11. The zero-order valence-electron chi connectivity index (χ0n) is 19.4. The Labute approximate surface area is 202 Å². The molecule has 174 valence electrons. The van der Waals surface area contributed by atoms with Gasteiger partial charge < -0.3 is 4.90 Å². The number of pyridine rings is 2. The lowest BCUT2D eigenvalue weighted by atomic mass is 9.90. The maximum Gasteiger partial charge on any atom is 0.155 e. The molecule has 1 fully saturated rings. The van der Waals surface area contributed by atoms with Gasteiger partial charge in [-0.25, -0.2) is 13.9 Å². The molecule has 4 aromatic rings. The molecular formula is C25H26FN7S. The van der Waals surface area contributed by atoms with E-state index in [9.17, 15) is 9.65 Å². The highest BCUT2D eigenvalue weighted by Crippen LogP contribution is 2.37. The van der Waals surface area contributed by atoms with Crippen LogP contribution in [0, 0.1) is 24.1 Å². The summed E-state index contributed by atoms with van der Waals surface area (Å²) in [4.78, 5) is 7.22. The highest BCUT2D eigenvalue weighted by atomic mass is 32.2. The van der Waals surface area contributed by atoms with Gasteiger partial charge in [0, 0.05) is 40.7 Å². The molecule has 4 aromatic heterocycles. The standard InChI is InChI=1S/C25H26FN7S/c1-16-21(15-32(30-16)20-8-6-19(7-9-20)31(2)3)17-11-23(34-25-22(26)5-4-10-28-25)24-18(12-27)13-29-33(24)14-17/h4-5,10-11,13-15,19-20H,6-9H2,1-3H3/t19-,20-. The van der Waals surface area contributed by atoms with Gasteiger partial charge in [-0.15, -0.1) is 0 Å². The van der Waals surface area contributed by atoms with E-state index in [1.54, 1.807) is 16.8 Å². The van der Waals surface area contributed by atoms with Gasteiger partial charge in [0.25, 0.3) is 0 Å². The van der Waals surface area contributed by atoms with Crippen LogP contribution in [0.4, 0.5) is 4.39 Å². The largest absolute Gasteiger partial charge is 0.306 e. The van der Waals surface area contributed by atoms with Crippen molar-refractivity contribution in [3.05, 3.63) is 60.1 Å². The molecule has 0 saturated heterocycles. The molecule has 0 bridgehead atoms. The molecule has 0 unspecified atom stereocenters. The van der Waals surface area contributed by atoms with Crippen LogP contribution in [-0.2, 0) is 0 Å². The first-order valence-electron chi connectivity index (χ1n) is 11.4. The van der Waals surface area contributed by atoms with Crippen molar-refractivity contribution in [2.75, 3.05) is 14.1 Å². The van der Waals surface area contributed by atoms with Crippen molar-refractivity contribution < 1.29 is 4.39 Å². The minimum absolute atomic E-state index is 0.261. The zero-order valence-corrected chi connectivity index (χ0v) is 20.3. The lowest BCUT2D eigenvalue weighted by molar-refractivity contribution is 0.189. The molecule has 0 amide bonds. The molecule has 0 atom stereocenters. The van der Waals surface area contributed by atoms with Crippen LogP contribution in [-0.4, -0.2) is 49.4 Å². The SMILES string of the molecule is Cc1nn([C@H]2CC[C@H](N(C)C)CC2)cc1-c1cc(Sc2ncccc2F)c2c(C#N)cnn2c1. The highest BCUT2D eigenvalue weighted by molar-refractivity contribution is 7.99. The van der Waals surface area contributed by atoms with E-state index in [1.165, 1.54) is 36.9 Å². The fourth-order valence-corrected chi connectivity index (χ4v) is 5.71. The van der Waals surface area contributed by atoms with E-state index >= 15 is 0 Å². The number of fused-ring (bicyclic) bond motifs is 1. The molecule has 0 aromatic carbocycles. The molecule has 1 saturated carbocycles. The summed E-state index contributed by atoms with van der Waals surface area (Å²) in [7, 11) is 4.30. The molecule has 1 aliphatic rings. The van der Waals surface area contributed by atoms with Gasteiger partial charge in [-0.3, -0.25) is 4.68 Å². The molecule has 0 N–H and O–H groups in total. The van der Waals surface area contributed by atoms with Crippen LogP contribution in [0.25, 0.3) is 16.6 Å². The van der Waals surface area contributed by atoms with Crippen LogP contribution in [0.15, 0.2) is 52.9 Å². The number of rotatable bonds is 5. The van der Waals surface area contributed by atoms with E-state index < -0.39 is 5.82 Å². The number of aromatic nitrogens is 5. The van der Waals surface area contributed by atoms with Crippen LogP contribution >= 0.6 is 11.8 Å². The van der Waals surface area contributed by atoms with Crippen molar-refractivity contribution in [2.24, 2.45) is 0 Å². The summed E-state index contributed by atoms with van der Waals surface area (Å²) >= 11 is 1.20. The van der Waals surface area contributed by atoms with Crippen molar-refractivity contribution in [3.63, 3.8) is 0 Å². The predicted octanol–water partition coefficient (Wildman–Crippen LogP) is 5.11. The number of nitriles is 1. The quantitative estimate of drug-likeness (QED) is 0.399. The third kappa shape index (κ3) is 4.19. The van der Waals surface area contributed by atoms with Crippen molar-refractivity contribution >= 4 is 17.3 Å². The maximum absolute atomic E-state index is 14.4. The van der Waals surface area contributed by atoms with E-state index in [-0.39, 0.29) is 5.03 Å². The monoisotopic (exact) mass is 475 g/mol. The number of hydrogen-bond acceptors (Lipinski definition) is 6.